The molecule has 0 bridgehead atoms. The maximum atomic E-state index is 13.8. The zero-order valence-corrected chi connectivity index (χ0v) is 16.4. The predicted octanol–water partition coefficient (Wildman–Crippen LogP) is 1.81. The van der Waals surface area contributed by atoms with Gasteiger partial charge in [-0.15, -0.1) is 0 Å². The average molecular weight is 427 g/mol. The second kappa shape index (κ2) is 8.45. The molecule has 2 N–H and O–H groups in total. The molecule has 1 saturated carbocycles. The minimum Gasteiger partial charge on any atom is -0.352 e. The van der Waals surface area contributed by atoms with Crippen molar-refractivity contribution in [2.45, 2.75) is 31.8 Å². The summed E-state index contributed by atoms with van der Waals surface area (Å²) in [5, 5.41) is 5.64. The van der Waals surface area contributed by atoms with Gasteiger partial charge < -0.3 is 10.6 Å². The van der Waals surface area contributed by atoms with Crippen molar-refractivity contribution in [2.75, 3.05) is 38.0 Å². The number of nitrogens with zero attached hydrogens (tertiary/aromatic N) is 2. The van der Waals surface area contributed by atoms with E-state index < -0.39 is 5.82 Å². The van der Waals surface area contributed by atoms with E-state index in [2.05, 4.69) is 31.5 Å². The normalized spacial score (nSPS) is 19.8. The molecule has 142 valence electrons. The summed E-state index contributed by atoms with van der Waals surface area (Å²) >= 11 is 3.19. The Morgan fingerprint density at radius 3 is 2.58 bits per heavy atom. The smallest absolute Gasteiger partial charge is 0.238 e. The van der Waals surface area contributed by atoms with Gasteiger partial charge in [0.25, 0.3) is 0 Å². The molecule has 8 heteroatoms. The summed E-state index contributed by atoms with van der Waals surface area (Å²) < 4.78 is 14.4. The number of nitrogens with one attached hydrogen (secondary N) is 2. The zero-order chi connectivity index (χ0) is 18.7. The standard InChI is InChI=1S/C18H24BrFN4O2/c1-12(18(26)21-14-3-4-14)24-8-6-23(7-9-24)11-17(25)22-16-5-2-13(19)10-15(16)20/h2,5,10,12,14H,3-4,6-9,11H2,1H3,(H,21,26)(H,22,25). The van der Waals surface area contributed by atoms with Gasteiger partial charge in [-0.1, -0.05) is 15.9 Å². The molecule has 1 aliphatic carbocycles. The molecule has 1 unspecified atom stereocenters. The van der Waals surface area contributed by atoms with Crippen LogP contribution in [0.5, 0.6) is 0 Å². The monoisotopic (exact) mass is 426 g/mol. The lowest BCUT2D eigenvalue weighted by Crippen LogP contribution is -2.55. The number of hydrogen-bond donors (Lipinski definition) is 2. The number of rotatable bonds is 6. The lowest BCUT2D eigenvalue weighted by Gasteiger charge is -2.37. The van der Waals surface area contributed by atoms with Crippen LogP contribution < -0.4 is 10.6 Å². The lowest BCUT2D eigenvalue weighted by molar-refractivity contribution is -0.127. The van der Waals surface area contributed by atoms with Gasteiger partial charge in [0.05, 0.1) is 18.3 Å². The molecule has 0 aromatic heterocycles. The zero-order valence-electron chi connectivity index (χ0n) is 14.8. The van der Waals surface area contributed by atoms with Crippen LogP contribution in [0.4, 0.5) is 10.1 Å². The molecule has 0 spiro atoms. The van der Waals surface area contributed by atoms with E-state index in [0.717, 1.165) is 25.9 Å². The van der Waals surface area contributed by atoms with Gasteiger partial charge in [-0.2, -0.15) is 0 Å². The molecule has 6 nitrogen and oxygen atoms in total. The van der Waals surface area contributed by atoms with E-state index >= 15 is 0 Å². The number of carbonyl (C=O) groups is 2. The van der Waals surface area contributed by atoms with Gasteiger partial charge in [0, 0.05) is 36.7 Å². The fourth-order valence-corrected chi connectivity index (χ4v) is 3.34. The second-order valence-electron chi connectivity index (χ2n) is 6.94. The Kier molecular flexibility index (Phi) is 6.26. The van der Waals surface area contributed by atoms with Crippen LogP contribution in [0.1, 0.15) is 19.8 Å². The summed E-state index contributed by atoms with van der Waals surface area (Å²) in [6, 6.07) is 4.76. The number of amides is 2. The molecule has 3 rings (SSSR count). The van der Waals surface area contributed by atoms with Gasteiger partial charge in [0.1, 0.15) is 5.82 Å². The van der Waals surface area contributed by atoms with Crippen molar-refractivity contribution >= 4 is 33.4 Å². The molecule has 1 heterocycles. The van der Waals surface area contributed by atoms with E-state index in [-0.39, 0.29) is 30.1 Å². The fraction of sp³-hybridized carbons (Fsp3) is 0.556. The first-order chi connectivity index (χ1) is 12.4. The molecule has 1 aromatic rings. The summed E-state index contributed by atoms with van der Waals surface area (Å²) in [5.74, 6) is -0.614. The summed E-state index contributed by atoms with van der Waals surface area (Å²) in [6.45, 7) is 5.02. The number of anilines is 1. The highest BCUT2D eigenvalue weighted by Crippen LogP contribution is 2.20. The Bertz CT molecular complexity index is 675. The van der Waals surface area contributed by atoms with Crippen molar-refractivity contribution in [3.05, 3.63) is 28.5 Å². The van der Waals surface area contributed by atoms with Crippen LogP contribution in [-0.2, 0) is 9.59 Å². The van der Waals surface area contributed by atoms with E-state index in [0.29, 0.717) is 23.6 Å². The SMILES string of the molecule is CC(C(=O)NC1CC1)N1CCN(CC(=O)Nc2ccc(Br)cc2F)CC1. The highest BCUT2D eigenvalue weighted by Gasteiger charge is 2.30. The van der Waals surface area contributed by atoms with Crippen LogP contribution in [0, 0.1) is 5.82 Å². The number of halogens is 2. The van der Waals surface area contributed by atoms with Gasteiger partial charge in [0.15, 0.2) is 0 Å². The van der Waals surface area contributed by atoms with Crippen LogP contribution in [0.2, 0.25) is 0 Å². The number of benzene rings is 1. The molecular formula is C18H24BrFN4O2. The lowest BCUT2D eigenvalue weighted by atomic mass is 10.2. The van der Waals surface area contributed by atoms with Crippen molar-refractivity contribution in [1.82, 2.24) is 15.1 Å². The third-order valence-corrected chi connectivity index (χ3v) is 5.32. The highest BCUT2D eigenvalue weighted by molar-refractivity contribution is 9.10. The van der Waals surface area contributed by atoms with Crippen molar-refractivity contribution in [2.24, 2.45) is 0 Å². The predicted molar refractivity (Wildman–Crippen MR) is 101 cm³/mol. The quantitative estimate of drug-likeness (QED) is 0.727. The van der Waals surface area contributed by atoms with E-state index in [4.69, 9.17) is 0 Å². The summed E-state index contributed by atoms with van der Waals surface area (Å²) in [5.41, 5.74) is 0.183. The number of carbonyl (C=O) groups excluding carboxylic acids is 2. The Hall–Kier alpha value is -1.51. The molecule has 26 heavy (non-hydrogen) atoms. The second-order valence-corrected chi connectivity index (χ2v) is 7.86. The van der Waals surface area contributed by atoms with Crippen LogP contribution >= 0.6 is 15.9 Å². The average Bonchev–Trinajstić information content (AvgIpc) is 3.41. The Labute approximate surface area is 161 Å². The number of piperazine rings is 1. The van der Waals surface area contributed by atoms with E-state index in [1.165, 1.54) is 12.1 Å². The minimum atomic E-state index is -0.465. The van der Waals surface area contributed by atoms with Gasteiger partial charge in [-0.05, 0) is 38.0 Å². The van der Waals surface area contributed by atoms with Crippen molar-refractivity contribution in [3.63, 3.8) is 0 Å². The highest BCUT2D eigenvalue weighted by atomic mass is 79.9. The molecule has 2 aliphatic rings. The largest absolute Gasteiger partial charge is 0.352 e. The third kappa shape index (κ3) is 5.25. The van der Waals surface area contributed by atoms with Gasteiger partial charge >= 0.3 is 0 Å². The summed E-state index contributed by atoms with van der Waals surface area (Å²) in [4.78, 5) is 28.5. The van der Waals surface area contributed by atoms with E-state index in [1.54, 1.807) is 6.07 Å². The molecular weight excluding hydrogens is 403 g/mol. The first-order valence-corrected chi connectivity index (χ1v) is 9.73. The molecule has 0 radical (unpaired) electrons. The van der Waals surface area contributed by atoms with E-state index in [9.17, 15) is 14.0 Å². The van der Waals surface area contributed by atoms with Crippen LogP contribution in [0.25, 0.3) is 0 Å². The molecule has 2 fully saturated rings. The Balaban J connectivity index is 1.43. The van der Waals surface area contributed by atoms with Gasteiger partial charge in [-0.3, -0.25) is 19.4 Å². The first-order valence-electron chi connectivity index (χ1n) is 8.94. The molecule has 1 aromatic carbocycles. The Morgan fingerprint density at radius 2 is 1.96 bits per heavy atom. The molecule has 1 saturated heterocycles. The molecule has 1 atom stereocenters. The van der Waals surface area contributed by atoms with Crippen LogP contribution in [0.3, 0.4) is 0 Å². The minimum absolute atomic E-state index is 0.0874. The van der Waals surface area contributed by atoms with Gasteiger partial charge in [-0.25, -0.2) is 4.39 Å². The Morgan fingerprint density at radius 1 is 1.27 bits per heavy atom. The van der Waals surface area contributed by atoms with Crippen LogP contribution in [0.15, 0.2) is 22.7 Å². The fourth-order valence-electron chi connectivity index (χ4n) is 3.01. The summed E-state index contributed by atoms with van der Waals surface area (Å²) in [6.07, 6.45) is 2.17. The first kappa shape index (κ1) is 19.3. The number of hydrogen-bond acceptors (Lipinski definition) is 4. The maximum absolute atomic E-state index is 13.8. The third-order valence-electron chi connectivity index (χ3n) is 4.83. The van der Waals surface area contributed by atoms with Crippen molar-refractivity contribution < 1.29 is 14.0 Å². The molecule has 2 amide bonds. The van der Waals surface area contributed by atoms with Crippen LogP contribution in [-0.4, -0.2) is 66.4 Å². The maximum Gasteiger partial charge on any atom is 0.238 e. The summed E-state index contributed by atoms with van der Waals surface area (Å²) in [7, 11) is 0. The molecule has 1 aliphatic heterocycles. The van der Waals surface area contributed by atoms with Gasteiger partial charge in [0.2, 0.25) is 11.8 Å². The van der Waals surface area contributed by atoms with E-state index in [1.807, 2.05) is 11.8 Å². The van der Waals surface area contributed by atoms with Crippen molar-refractivity contribution in [3.8, 4) is 0 Å². The topological polar surface area (TPSA) is 64.7 Å². The van der Waals surface area contributed by atoms with Crippen molar-refractivity contribution in [1.29, 1.82) is 0 Å².